The SMILES string of the molecule is CC[C@@H]1CCCCN1C(=O)COC(=O)c1cc(-c2ccco2)nc2ccccc12. The van der Waals surface area contributed by atoms with E-state index in [1.807, 2.05) is 29.2 Å². The van der Waals surface area contributed by atoms with Gasteiger partial charge in [0.1, 0.15) is 5.69 Å². The van der Waals surface area contributed by atoms with Crippen molar-refractivity contribution in [1.82, 2.24) is 9.88 Å². The number of amides is 1. The predicted molar refractivity (Wildman–Crippen MR) is 109 cm³/mol. The average molecular weight is 392 g/mol. The van der Waals surface area contributed by atoms with E-state index in [9.17, 15) is 9.59 Å². The first kappa shape index (κ1) is 19.2. The third-order valence-corrected chi connectivity index (χ3v) is 5.46. The van der Waals surface area contributed by atoms with Crippen LogP contribution in [0.25, 0.3) is 22.4 Å². The summed E-state index contributed by atoms with van der Waals surface area (Å²) in [6.07, 6.45) is 5.63. The maximum Gasteiger partial charge on any atom is 0.339 e. The number of benzene rings is 1. The van der Waals surface area contributed by atoms with Crippen molar-refractivity contribution >= 4 is 22.8 Å². The van der Waals surface area contributed by atoms with Crippen molar-refractivity contribution in [1.29, 1.82) is 0 Å². The molecule has 6 heteroatoms. The summed E-state index contributed by atoms with van der Waals surface area (Å²) in [4.78, 5) is 31.9. The first-order valence-electron chi connectivity index (χ1n) is 10.1. The smallest absolute Gasteiger partial charge is 0.339 e. The van der Waals surface area contributed by atoms with Crippen LogP contribution in [0.3, 0.4) is 0 Å². The molecule has 0 bridgehead atoms. The summed E-state index contributed by atoms with van der Waals surface area (Å²) < 4.78 is 10.9. The molecule has 1 atom stereocenters. The lowest BCUT2D eigenvalue weighted by Gasteiger charge is -2.35. The largest absolute Gasteiger partial charge is 0.463 e. The second kappa shape index (κ2) is 8.47. The van der Waals surface area contributed by atoms with E-state index in [4.69, 9.17) is 9.15 Å². The fraction of sp³-hybridized carbons (Fsp3) is 0.348. The Labute approximate surface area is 169 Å². The van der Waals surface area contributed by atoms with Gasteiger partial charge in [-0.05, 0) is 49.9 Å². The summed E-state index contributed by atoms with van der Waals surface area (Å²) in [6.45, 7) is 2.57. The zero-order chi connectivity index (χ0) is 20.2. The molecule has 4 rings (SSSR count). The van der Waals surface area contributed by atoms with Crippen molar-refractivity contribution in [3.63, 3.8) is 0 Å². The van der Waals surface area contributed by atoms with Gasteiger partial charge in [0.05, 0.1) is 17.3 Å². The number of likely N-dealkylation sites (tertiary alicyclic amines) is 1. The number of hydrogen-bond acceptors (Lipinski definition) is 5. The number of aromatic nitrogens is 1. The summed E-state index contributed by atoms with van der Waals surface area (Å²) in [7, 11) is 0. The summed E-state index contributed by atoms with van der Waals surface area (Å²) in [5, 5.41) is 0.685. The van der Waals surface area contributed by atoms with Crippen LogP contribution in [0.15, 0.2) is 53.1 Å². The number of furan rings is 1. The molecule has 1 aromatic carbocycles. The highest BCUT2D eigenvalue weighted by Crippen LogP contribution is 2.26. The molecule has 1 amide bonds. The van der Waals surface area contributed by atoms with E-state index in [0.717, 1.165) is 32.2 Å². The van der Waals surface area contributed by atoms with E-state index in [-0.39, 0.29) is 18.6 Å². The van der Waals surface area contributed by atoms with Crippen molar-refractivity contribution in [2.24, 2.45) is 0 Å². The fourth-order valence-corrected chi connectivity index (χ4v) is 3.94. The Hall–Kier alpha value is -3.15. The van der Waals surface area contributed by atoms with Gasteiger partial charge in [-0.1, -0.05) is 25.1 Å². The number of pyridine rings is 1. The zero-order valence-corrected chi connectivity index (χ0v) is 16.5. The Morgan fingerprint density at radius 1 is 1.21 bits per heavy atom. The van der Waals surface area contributed by atoms with Crippen molar-refractivity contribution in [2.45, 2.75) is 38.6 Å². The van der Waals surface area contributed by atoms with Gasteiger partial charge in [-0.2, -0.15) is 0 Å². The molecule has 1 aliphatic heterocycles. The molecule has 0 N–H and O–H groups in total. The number of rotatable bonds is 5. The molecule has 3 aromatic rings. The topological polar surface area (TPSA) is 72.6 Å². The molecule has 0 aliphatic carbocycles. The summed E-state index contributed by atoms with van der Waals surface area (Å²) >= 11 is 0. The first-order valence-corrected chi connectivity index (χ1v) is 10.1. The second-order valence-corrected chi connectivity index (χ2v) is 7.27. The standard InChI is InChI=1S/C23H24N2O4/c1-2-16-8-5-6-12-25(16)22(26)15-29-23(27)18-14-20(21-11-7-13-28-21)24-19-10-4-3-9-17(18)19/h3-4,7,9-11,13-14,16H,2,5-6,8,12,15H2,1H3/t16-/m1/s1. The van der Waals surface area contributed by atoms with Gasteiger partial charge >= 0.3 is 5.97 Å². The van der Waals surface area contributed by atoms with E-state index in [2.05, 4.69) is 11.9 Å². The van der Waals surface area contributed by atoms with Crippen LogP contribution in [0.5, 0.6) is 0 Å². The minimum atomic E-state index is -0.533. The Kier molecular flexibility index (Phi) is 5.60. The van der Waals surface area contributed by atoms with E-state index >= 15 is 0 Å². The number of piperidine rings is 1. The Balaban J connectivity index is 1.56. The number of carbonyl (C=O) groups excluding carboxylic acids is 2. The molecule has 1 aliphatic rings. The minimum absolute atomic E-state index is 0.130. The number of esters is 1. The maximum atomic E-state index is 12.9. The lowest BCUT2D eigenvalue weighted by Crippen LogP contribution is -2.45. The van der Waals surface area contributed by atoms with E-state index < -0.39 is 5.97 Å². The van der Waals surface area contributed by atoms with Crippen LogP contribution < -0.4 is 0 Å². The van der Waals surface area contributed by atoms with Crippen LogP contribution in [0.2, 0.25) is 0 Å². The third kappa shape index (κ3) is 4.01. The van der Waals surface area contributed by atoms with Crippen LogP contribution in [0.4, 0.5) is 0 Å². The number of para-hydroxylation sites is 1. The number of nitrogens with zero attached hydrogens (tertiary/aromatic N) is 2. The Morgan fingerprint density at radius 2 is 2.07 bits per heavy atom. The van der Waals surface area contributed by atoms with E-state index in [1.54, 1.807) is 24.5 Å². The molecule has 0 unspecified atom stereocenters. The quantitative estimate of drug-likeness (QED) is 0.600. The second-order valence-electron chi connectivity index (χ2n) is 7.27. The molecule has 3 heterocycles. The van der Waals surface area contributed by atoms with Crippen molar-refractivity contribution in [3.8, 4) is 11.5 Å². The highest BCUT2D eigenvalue weighted by atomic mass is 16.5. The molecule has 29 heavy (non-hydrogen) atoms. The molecule has 0 radical (unpaired) electrons. The minimum Gasteiger partial charge on any atom is -0.463 e. The zero-order valence-electron chi connectivity index (χ0n) is 16.5. The van der Waals surface area contributed by atoms with E-state index in [0.29, 0.717) is 27.9 Å². The van der Waals surface area contributed by atoms with Crippen molar-refractivity contribution in [3.05, 3.63) is 54.3 Å². The van der Waals surface area contributed by atoms with Gasteiger partial charge in [-0.15, -0.1) is 0 Å². The van der Waals surface area contributed by atoms with Crippen molar-refractivity contribution < 1.29 is 18.7 Å². The van der Waals surface area contributed by atoms with Gasteiger partial charge in [-0.3, -0.25) is 4.79 Å². The summed E-state index contributed by atoms with van der Waals surface area (Å²) in [5.41, 5.74) is 1.59. The van der Waals surface area contributed by atoms with Crippen LogP contribution >= 0.6 is 0 Å². The fourth-order valence-electron chi connectivity index (χ4n) is 3.94. The third-order valence-electron chi connectivity index (χ3n) is 5.46. The van der Waals surface area contributed by atoms with Crippen LogP contribution in [0, 0.1) is 0 Å². The van der Waals surface area contributed by atoms with Gasteiger partial charge in [-0.25, -0.2) is 9.78 Å². The molecule has 150 valence electrons. The Bertz CT molecular complexity index is 1010. The molecule has 1 saturated heterocycles. The highest BCUT2D eigenvalue weighted by molar-refractivity contribution is 6.05. The molecule has 1 fully saturated rings. The summed E-state index contributed by atoms with van der Waals surface area (Å²) in [6, 6.07) is 12.8. The highest BCUT2D eigenvalue weighted by Gasteiger charge is 2.26. The maximum absolute atomic E-state index is 12.9. The van der Waals surface area contributed by atoms with Crippen LogP contribution in [-0.4, -0.2) is 41.0 Å². The normalized spacial score (nSPS) is 16.7. The van der Waals surface area contributed by atoms with E-state index in [1.165, 1.54) is 0 Å². The van der Waals surface area contributed by atoms with Gasteiger partial charge in [0.25, 0.3) is 5.91 Å². The number of carbonyl (C=O) groups is 2. The molecule has 0 saturated carbocycles. The molecule has 0 spiro atoms. The van der Waals surface area contributed by atoms with Gasteiger partial charge < -0.3 is 14.1 Å². The van der Waals surface area contributed by atoms with Gasteiger partial charge in [0.15, 0.2) is 12.4 Å². The van der Waals surface area contributed by atoms with Crippen LogP contribution in [0.1, 0.15) is 43.0 Å². The monoisotopic (exact) mass is 392 g/mol. The molecular formula is C23H24N2O4. The van der Waals surface area contributed by atoms with Gasteiger partial charge in [0.2, 0.25) is 0 Å². The lowest BCUT2D eigenvalue weighted by molar-refractivity contribution is -0.138. The lowest BCUT2D eigenvalue weighted by atomic mass is 10.00. The number of fused-ring (bicyclic) bond motifs is 1. The molecule has 6 nitrogen and oxygen atoms in total. The predicted octanol–water partition coefficient (Wildman–Crippen LogP) is 4.44. The van der Waals surface area contributed by atoms with Crippen molar-refractivity contribution in [2.75, 3.05) is 13.2 Å². The number of ether oxygens (including phenoxy) is 1. The Morgan fingerprint density at radius 3 is 2.86 bits per heavy atom. The first-order chi connectivity index (χ1) is 14.2. The summed E-state index contributed by atoms with van der Waals surface area (Å²) in [5.74, 6) is -0.0932. The number of hydrogen-bond donors (Lipinski definition) is 0. The average Bonchev–Trinajstić information content (AvgIpc) is 3.31. The van der Waals surface area contributed by atoms with Gasteiger partial charge in [0, 0.05) is 18.0 Å². The molecular weight excluding hydrogens is 368 g/mol. The van der Waals surface area contributed by atoms with Crippen LogP contribution in [-0.2, 0) is 9.53 Å². The molecule has 2 aromatic heterocycles.